The lowest BCUT2D eigenvalue weighted by atomic mass is 10.2. The molecule has 2 heterocycles. The second-order valence-electron chi connectivity index (χ2n) is 5.20. The Kier molecular flexibility index (Phi) is 4.42. The first kappa shape index (κ1) is 15.0. The van der Waals surface area contributed by atoms with Crippen LogP contribution < -0.4 is 10.4 Å². The Morgan fingerprint density at radius 3 is 2.85 bits per heavy atom. The Morgan fingerprint density at radius 1 is 1.60 bits per heavy atom. The first-order valence-corrected chi connectivity index (χ1v) is 6.63. The van der Waals surface area contributed by atoms with Gasteiger partial charge in [-0.1, -0.05) is 0 Å². The zero-order valence-corrected chi connectivity index (χ0v) is 11.8. The third-order valence-corrected chi connectivity index (χ3v) is 3.13. The van der Waals surface area contributed by atoms with Crippen LogP contribution in [-0.4, -0.2) is 44.7 Å². The van der Waals surface area contributed by atoms with Gasteiger partial charge in [-0.2, -0.15) is 4.98 Å². The Labute approximate surface area is 116 Å². The first-order valence-electron chi connectivity index (χ1n) is 6.63. The molecule has 0 radical (unpaired) electrons. The molecule has 1 aliphatic rings. The van der Waals surface area contributed by atoms with E-state index in [0.717, 1.165) is 0 Å². The third-order valence-electron chi connectivity index (χ3n) is 3.13. The van der Waals surface area contributed by atoms with Gasteiger partial charge >= 0.3 is 5.69 Å². The highest BCUT2D eigenvalue weighted by atomic mass is 16.5. The quantitative estimate of drug-likeness (QED) is 0.807. The van der Waals surface area contributed by atoms with Crippen molar-refractivity contribution in [3.8, 4) is 5.88 Å². The van der Waals surface area contributed by atoms with E-state index in [4.69, 9.17) is 14.6 Å². The minimum Gasteiger partial charge on any atom is -0.475 e. The number of hydrogen-bond acceptors (Lipinski definition) is 6. The predicted octanol–water partition coefficient (Wildman–Crippen LogP) is -0.0204. The van der Waals surface area contributed by atoms with Crippen molar-refractivity contribution in [1.29, 1.82) is 0 Å². The Hall–Kier alpha value is -1.44. The zero-order chi connectivity index (χ0) is 14.9. The molecular formula is C13H20N2O5. The van der Waals surface area contributed by atoms with Crippen LogP contribution >= 0.6 is 0 Å². The molecule has 1 fully saturated rings. The molecular weight excluding hydrogens is 264 g/mol. The second kappa shape index (κ2) is 5.90. The van der Waals surface area contributed by atoms with Crippen molar-refractivity contribution in [1.82, 2.24) is 9.55 Å². The summed E-state index contributed by atoms with van der Waals surface area (Å²) in [5, 5.41) is 18.8. The lowest BCUT2D eigenvalue weighted by Crippen LogP contribution is -2.29. The van der Waals surface area contributed by atoms with Crippen molar-refractivity contribution in [2.45, 2.75) is 51.7 Å². The van der Waals surface area contributed by atoms with Gasteiger partial charge in [0.15, 0.2) is 0 Å². The molecule has 1 aromatic heterocycles. The van der Waals surface area contributed by atoms with Crippen molar-refractivity contribution in [2.24, 2.45) is 0 Å². The normalized spacial score (nSPS) is 26.2. The maximum absolute atomic E-state index is 12.0. The van der Waals surface area contributed by atoms with Crippen LogP contribution in [0.2, 0.25) is 0 Å². The molecule has 0 aromatic carbocycles. The van der Waals surface area contributed by atoms with Gasteiger partial charge in [0, 0.05) is 18.2 Å². The first-order chi connectivity index (χ1) is 9.42. The van der Waals surface area contributed by atoms with Gasteiger partial charge < -0.3 is 19.7 Å². The SMILES string of the molecule is Cc1cn([C@@H]2C[C@H](O)[C@@H](CO)O2)c(=O)nc1OC(C)C. The smallest absolute Gasteiger partial charge is 0.352 e. The van der Waals surface area contributed by atoms with Crippen LogP contribution in [0, 0.1) is 6.92 Å². The summed E-state index contributed by atoms with van der Waals surface area (Å²) in [4.78, 5) is 15.9. The van der Waals surface area contributed by atoms with E-state index >= 15 is 0 Å². The minimum absolute atomic E-state index is 0.0697. The molecule has 0 saturated carbocycles. The van der Waals surface area contributed by atoms with Crippen LogP contribution in [0.15, 0.2) is 11.0 Å². The summed E-state index contributed by atoms with van der Waals surface area (Å²) in [6.45, 7) is 5.22. The summed E-state index contributed by atoms with van der Waals surface area (Å²) in [6.07, 6.45) is -0.294. The summed E-state index contributed by atoms with van der Waals surface area (Å²) in [5.41, 5.74) is 0.214. The molecule has 0 spiro atoms. The van der Waals surface area contributed by atoms with Gasteiger partial charge in [0.2, 0.25) is 5.88 Å². The topological polar surface area (TPSA) is 93.8 Å². The monoisotopic (exact) mass is 284 g/mol. The van der Waals surface area contributed by atoms with Gasteiger partial charge in [0.05, 0.1) is 18.8 Å². The van der Waals surface area contributed by atoms with Gasteiger partial charge in [0.1, 0.15) is 12.3 Å². The van der Waals surface area contributed by atoms with E-state index in [0.29, 0.717) is 11.4 Å². The standard InChI is InChI=1S/C13H20N2O5/c1-7(2)19-12-8(3)5-15(13(18)14-12)11-4-9(17)10(6-16)20-11/h5,7,9-11,16-17H,4,6H2,1-3H3/t9-,10+,11-/m0/s1. The van der Waals surface area contributed by atoms with E-state index in [2.05, 4.69) is 4.98 Å². The van der Waals surface area contributed by atoms with E-state index in [1.54, 1.807) is 13.1 Å². The Balaban J connectivity index is 2.26. The van der Waals surface area contributed by atoms with Crippen molar-refractivity contribution < 1.29 is 19.7 Å². The van der Waals surface area contributed by atoms with Crippen LogP contribution in [0.1, 0.15) is 32.1 Å². The number of ether oxygens (including phenoxy) is 2. The van der Waals surface area contributed by atoms with E-state index < -0.39 is 24.1 Å². The van der Waals surface area contributed by atoms with E-state index in [1.807, 2.05) is 13.8 Å². The fourth-order valence-corrected chi connectivity index (χ4v) is 2.15. The van der Waals surface area contributed by atoms with E-state index in [-0.39, 0.29) is 19.1 Å². The fourth-order valence-electron chi connectivity index (χ4n) is 2.15. The molecule has 0 amide bonds. The van der Waals surface area contributed by atoms with Crippen molar-refractivity contribution >= 4 is 0 Å². The average molecular weight is 284 g/mol. The highest BCUT2D eigenvalue weighted by Crippen LogP contribution is 2.28. The van der Waals surface area contributed by atoms with Gasteiger partial charge in [-0.05, 0) is 20.8 Å². The summed E-state index contributed by atoms with van der Waals surface area (Å²) in [5.74, 6) is 0.304. The van der Waals surface area contributed by atoms with Crippen molar-refractivity contribution in [2.75, 3.05) is 6.61 Å². The van der Waals surface area contributed by atoms with Gasteiger partial charge in [-0.25, -0.2) is 4.79 Å². The molecule has 20 heavy (non-hydrogen) atoms. The number of aliphatic hydroxyl groups is 2. The number of aromatic nitrogens is 2. The molecule has 2 rings (SSSR count). The van der Waals surface area contributed by atoms with Gasteiger partial charge in [-0.3, -0.25) is 4.57 Å². The molecule has 112 valence electrons. The maximum Gasteiger partial charge on any atom is 0.352 e. The molecule has 7 nitrogen and oxygen atoms in total. The van der Waals surface area contributed by atoms with E-state index in [1.165, 1.54) is 4.57 Å². The molecule has 1 aliphatic heterocycles. The third kappa shape index (κ3) is 3.00. The summed E-state index contributed by atoms with van der Waals surface area (Å²) in [6, 6.07) is 0. The molecule has 3 atom stereocenters. The number of aryl methyl sites for hydroxylation is 1. The van der Waals surface area contributed by atoms with Crippen molar-refractivity contribution in [3.63, 3.8) is 0 Å². The van der Waals surface area contributed by atoms with Crippen LogP contribution in [0.5, 0.6) is 5.88 Å². The van der Waals surface area contributed by atoms with Crippen molar-refractivity contribution in [3.05, 3.63) is 22.2 Å². The average Bonchev–Trinajstić information content (AvgIpc) is 2.74. The molecule has 7 heteroatoms. The van der Waals surface area contributed by atoms with Gasteiger partial charge in [-0.15, -0.1) is 0 Å². The highest BCUT2D eigenvalue weighted by Gasteiger charge is 2.35. The molecule has 0 bridgehead atoms. The zero-order valence-electron chi connectivity index (χ0n) is 11.8. The molecule has 0 aliphatic carbocycles. The Bertz CT molecular complexity index is 528. The highest BCUT2D eigenvalue weighted by molar-refractivity contribution is 5.21. The molecule has 1 saturated heterocycles. The summed E-state index contributed by atoms with van der Waals surface area (Å²) >= 11 is 0. The predicted molar refractivity (Wildman–Crippen MR) is 70.6 cm³/mol. The van der Waals surface area contributed by atoms with Gasteiger partial charge in [0.25, 0.3) is 0 Å². The summed E-state index contributed by atoms with van der Waals surface area (Å²) < 4.78 is 12.2. The number of aliphatic hydroxyl groups excluding tert-OH is 2. The lowest BCUT2D eigenvalue weighted by Gasteiger charge is -2.17. The number of nitrogens with zero attached hydrogens (tertiary/aromatic N) is 2. The fraction of sp³-hybridized carbons (Fsp3) is 0.692. The van der Waals surface area contributed by atoms with Crippen LogP contribution in [-0.2, 0) is 4.74 Å². The van der Waals surface area contributed by atoms with E-state index in [9.17, 15) is 9.90 Å². The van der Waals surface area contributed by atoms with Crippen LogP contribution in [0.3, 0.4) is 0 Å². The maximum atomic E-state index is 12.0. The molecule has 2 N–H and O–H groups in total. The van der Waals surface area contributed by atoms with Crippen LogP contribution in [0.25, 0.3) is 0 Å². The Morgan fingerprint density at radius 2 is 2.30 bits per heavy atom. The molecule has 1 aromatic rings. The summed E-state index contributed by atoms with van der Waals surface area (Å²) in [7, 11) is 0. The number of hydrogen-bond donors (Lipinski definition) is 2. The molecule has 0 unspecified atom stereocenters. The van der Waals surface area contributed by atoms with Crippen LogP contribution in [0.4, 0.5) is 0 Å². The largest absolute Gasteiger partial charge is 0.475 e. The second-order valence-corrected chi connectivity index (χ2v) is 5.20. The lowest BCUT2D eigenvalue weighted by molar-refractivity contribution is -0.0460. The minimum atomic E-state index is -0.788. The number of rotatable bonds is 4.